The third kappa shape index (κ3) is 27.7. The number of esters is 1. The fourth-order valence-corrected chi connectivity index (χ4v) is 19.7. The summed E-state index contributed by atoms with van der Waals surface area (Å²) in [6.45, 7) is 23.9. The van der Waals surface area contributed by atoms with Gasteiger partial charge in [0.15, 0.2) is 17.0 Å². The Morgan fingerprint density at radius 1 is 0.695 bits per heavy atom. The predicted octanol–water partition coefficient (Wildman–Crippen LogP) is 10.2. The number of amides is 4. The molecule has 0 spiro atoms. The van der Waals surface area contributed by atoms with Gasteiger partial charge in [-0.3, -0.25) is 28.8 Å². The number of fused-ring (bicyclic) bond motifs is 7. The van der Waals surface area contributed by atoms with Gasteiger partial charge >= 0.3 is 12.1 Å². The van der Waals surface area contributed by atoms with Crippen molar-refractivity contribution >= 4 is 93.0 Å². The molecule has 3 saturated heterocycles. The lowest BCUT2D eigenvalue weighted by molar-refractivity contribution is -0.265. The van der Waals surface area contributed by atoms with Gasteiger partial charge in [-0.25, -0.2) is 44.2 Å². The average molecular weight is 1950 g/mol. The molecule has 764 valence electrons. The lowest BCUT2D eigenvalue weighted by atomic mass is 9.78. The van der Waals surface area contributed by atoms with Crippen LogP contribution in [0.25, 0.3) is 33.4 Å². The van der Waals surface area contributed by atoms with Crippen molar-refractivity contribution in [2.45, 2.75) is 232 Å². The van der Waals surface area contributed by atoms with Crippen molar-refractivity contribution in [1.29, 1.82) is 0 Å². The number of benzene rings is 2. The van der Waals surface area contributed by atoms with Crippen LogP contribution in [0.4, 0.5) is 28.5 Å². The summed E-state index contributed by atoms with van der Waals surface area (Å²) >= 11 is 0. The van der Waals surface area contributed by atoms with Crippen LogP contribution in [0.15, 0.2) is 113 Å². The van der Waals surface area contributed by atoms with Crippen LogP contribution in [-0.2, 0) is 109 Å². The lowest BCUT2D eigenvalue weighted by Gasteiger charge is -2.42. The molecule has 7 aliphatic rings. The summed E-state index contributed by atoms with van der Waals surface area (Å²) in [7, 11) is 6.09. The van der Waals surface area contributed by atoms with Gasteiger partial charge < -0.3 is 103 Å². The number of Topliss-reactive ketones (excluding diaryl/α,β-unsaturated/α-hetero) is 3. The fraction of sp³-hybridized carbons (Fsp3) is 0.592. The van der Waals surface area contributed by atoms with E-state index in [4.69, 9.17) is 78.3 Å². The molecule has 0 radical (unpaired) electrons. The maximum absolute atomic E-state index is 14.8. The first-order valence-corrected chi connectivity index (χ1v) is 49.6. The SMILES string of the molecule is CCCOCCOCCOCCOCCC(=O)N1CCc2cc(Cn3nc(-c4ccc5oc(N)nc5c4)c4c(N)ncnc43)ccc2C1.CNC(=O)c1cnc(N2CCN(c3ncc4c(n3)CCN(C(=O)O[C@@H]3CC[C@@H](C[C@@H](C)[C@@H]5CC(=O)[C@H](C)/C=C(\C)[C@@H](O)[C@@H](OC)C(=O)[C@H](C)C[C@H](C)/C=C/C=C/C=C(\C)[C@@H](OC)C[C@@H]6CC[C@@H](C)[C@@](O)(O6)C(=O)C(=O)N6CCCC[C@H]6C(=O)O5)C[C@H]3OC)C4)CC2)nc1. The smallest absolute Gasteiger partial charge is 0.410 e. The number of aromatic nitrogens is 9. The Bertz CT molecular complexity index is 5570. The van der Waals surface area contributed by atoms with Gasteiger partial charge in [0.25, 0.3) is 23.6 Å². The molecule has 5 aromatic heterocycles. The molecule has 4 amide bonds. The van der Waals surface area contributed by atoms with Gasteiger partial charge in [-0.2, -0.15) is 10.1 Å². The number of cyclic esters (lactones) is 1. The number of ether oxygens (including phenoxy) is 10. The van der Waals surface area contributed by atoms with E-state index >= 15 is 0 Å². The van der Waals surface area contributed by atoms with E-state index in [1.54, 1.807) is 59.2 Å². The molecule has 11 heterocycles. The van der Waals surface area contributed by atoms with Crippen LogP contribution in [0.2, 0.25) is 0 Å². The molecular formula is C103H141N17O21. The van der Waals surface area contributed by atoms with Gasteiger partial charge in [-0.15, -0.1) is 0 Å². The van der Waals surface area contributed by atoms with Crippen LogP contribution in [0.1, 0.15) is 184 Å². The molecular weight excluding hydrogens is 1810 g/mol. The standard InChI is InChI=1S/C69H99N9O15.C34H42N8O6/c1-41-17-13-12-14-18-42(2)56(88-9)35-51-22-20-47(7)69(87,93-51)62(82)64(84)78-25-16-15-19-53(78)65(85)91-57(36-54(79)43(3)32-46(6)60(81)61(90-11)59(80)45(5)31-41)44(4)33-48-21-23-55(58(34-48)89-10)92-68(86)77-26-24-52-50(40-77)39-73-67(74-52)76-29-27-75(28-30-76)66-71-37-49(38-72-66)63(83)70-8;1-2-10-44-12-14-46-16-17-47-15-13-45-11-8-29(43)41-9-7-24-18-23(3-4-26(24)21-41)20-42-33-30(32(35)37-22-38-33)31(40-42)25-5-6-28-27(19-25)39-34(36)48-28/h12-14,17-18,32,37-39,41,43-45,47-48,51,53,55-58,60-61,81,87H,15-16,19-31,33-36,40H2,1-11H3,(H,70,83);3-6,18-19,22H,2,7-17,20-21H2,1H3,(H2,36,39)(H2,35,37,38)/b14-12+,17-13+,42-18+,46-32+;/t41-,43-,44-,45-,47-,48+,51+,53+,55-,56+,57+,58-,60-,61+,69-;/m1./s1. The van der Waals surface area contributed by atoms with E-state index < -0.39 is 102 Å². The number of carbonyl (C=O) groups is 8. The Kier molecular flexibility index (Phi) is 38.6. The number of carbonyl (C=O) groups excluding carboxylic acids is 8. The number of rotatable bonds is 27. The number of piperazine rings is 1. The van der Waals surface area contributed by atoms with Crippen molar-refractivity contribution < 1.29 is 100 Å². The highest BCUT2D eigenvalue weighted by molar-refractivity contribution is 6.39. The number of nitrogens with zero attached hydrogens (tertiary/aromatic N) is 14. The summed E-state index contributed by atoms with van der Waals surface area (Å²) < 4.78 is 65.6. The minimum Gasteiger partial charge on any atom is -0.460 e. The Morgan fingerprint density at radius 2 is 1.40 bits per heavy atom. The zero-order chi connectivity index (χ0) is 101. The Balaban J connectivity index is 0.000000290. The third-order valence-electron chi connectivity index (χ3n) is 28.0. The topological polar surface area (TPSA) is 471 Å². The van der Waals surface area contributed by atoms with Crippen molar-refractivity contribution in [3.05, 3.63) is 142 Å². The number of allylic oxidation sites excluding steroid dienone is 6. The number of aliphatic hydroxyl groups excluding tert-OH is 1. The van der Waals surface area contributed by atoms with Gasteiger partial charge in [-0.1, -0.05) is 96.2 Å². The number of anilines is 4. The molecule has 141 heavy (non-hydrogen) atoms. The quantitative estimate of drug-likeness (QED) is 0.0138. The largest absolute Gasteiger partial charge is 0.460 e. The molecule has 0 unspecified atom stereocenters. The minimum atomic E-state index is -2.48. The van der Waals surface area contributed by atoms with Crippen LogP contribution in [0.5, 0.6) is 0 Å². The van der Waals surface area contributed by atoms with Gasteiger partial charge in [0.05, 0.1) is 101 Å². The minimum absolute atomic E-state index is 0.0118. The number of ketones is 3. The fourth-order valence-electron chi connectivity index (χ4n) is 19.7. The number of aliphatic hydroxyl groups is 2. The Hall–Kier alpha value is -11.5. The van der Waals surface area contributed by atoms with E-state index in [1.165, 1.54) is 36.3 Å². The van der Waals surface area contributed by atoms with Crippen molar-refractivity contribution in [2.75, 3.05) is 148 Å². The molecule has 4 fully saturated rings. The van der Waals surface area contributed by atoms with E-state index in [9.17, 15) is 48.6 Å². The Labute approximate surface area is 823 Å². The van der Waals surface area contributed by atoms with Crippen molar-refractivity contribution in [2.24, 2.45) is 35.5 Å². The molecule has 2 bridgehead atoms. The highest BCUT2D eigenvalue weighted by Crippen LogP contribution is 2.41. The van der Waals surface area contributed by atoms with Crippen LogP contribution < -0.4 is 26.6 Å². The van der Waals surface area contributed by atoms with E-state index in [2.05, 4.69) is 65.2 Å². The van der Waals surface area contributed by atoms with Crippen LogP contribution >= 0.6 is 0 Å². The van der Waals surface area contributed by atoms with Gasteiger partial charge in [0.1, 0.15) is 59.6 Å². The second kappa shape index (κ2) is 51.0. The van der Waals surface area contributed by atoms with E-state index in [0.717, 1.165) is 53.0 Å². The first kappa shape index (κ1) is 107. The number of nitrogens with one attached hydrogen (secondary N) is 1. The third-order valence-corrected chi connectivity index (χ3v) is 28.0. The molecule has 1 saturated carbocycles. The predicted molar refractivity (Wildman–Crippen MR) is 525 cm³/mol. The maximum atomic E-state index is 14.8. The molecule has 7 aromatic rings. The zero-order valence-electron chi connectivity index (χ0n) is 83.4. The molecule has 38 nitrogen and oxygen atoms in total. The highest BCUT2D eigenvalue weighted by Gasteiger charge is 2.54. The molecule has 6 aliphatic heterocycles. The summed E-state index contributed by atoms with van der Waals surface area (Å²) in [5, 5.41) is 31.9. The second-order valence-corrected chi connectivity index (χ2v) is 38.2. The van der Waals surface area contributed by atoms with Crippen LogP contribution in [-0.4, -0.2) is 298 Å². The number of nitrogens with two attached hydrogens (primary N) is 2. The zero-order valence-corrected chi connectivity index (χ0v) is 83.4. The van der Waals surface area contributed by atoms with Gasteiger partial charge in [0.2, 0.25) is 23.6 Å². The Morgan fingerprint density at radius 3 is 2.12 bits per heavy atom. The maximum Gasteiger partial charge on any atom is 0.410 e. The van der Waals surface area contributed by atoms with Gasteiger partial charge in [-0.05, 0) is 155 Å². The monoisotopic (exact) mass is 1950 g/mol. The van der Waals surface area contributed by atoms with Crippen LogP contribution in [0.3, 0.4) is 0 Å². The molecule has 2 aromatic carbocycles. The first-order chi connectivity index (χ1) is 68.0. The number of hydrogen-bond acceptors (Lipinski definition) is 33. The number of piperidine rings is 1. The number of nitrogen functional groups attached to an aromatic ring is 2. The first-order valence-electron chi connectivity index (χ1n) is 49.6. The van der Waals surface area contributed by atoms with Crippen molar-refractivity contribution in [3.63, 3.8) is 0 Å². The summed E-state index contributed by atoms with van der Waals surface area (Å²) in [5.41, 5.74) is 22.1. The lowest BCUT2D eigenvalue weighted by Crippen LogP contribution is -2.61. The molecule has 1 aliphatic carbocycles. The van der Waals surface area contributed by atoms with Crippen LogP contribution in [0, 0.1) is 35.5 Å². The summed E-state index contributed by atoms with van der Waals surface area (Å²) in [4.78, 5) is 151. The number of methoxy groups -OCH3 is 3. The summed E-state index contributed by atoms with van der Waals surface area (Å²) in [6.07, 6.45) is 18.6. The highest BCUT2D eigenvalue weighted by atomic mass is 16.6. The molecule has 14 rings (SSSR count). The van der Waals surface area contributed by atoms with Gasteiger partial charge in [0, 0.05) is 154 Å². The molecule has 38 heteroatoms. The van der Waals surface area contributed by atoms with E-state index in [1.807, 2.05) is 85.9 Å². The molecule has 7 N–H and O–H groups in total. The number of oxazole rings is 1. The number of hydrogen-bond donors (Lipinski definition) is 5. The normalized spacial score (nSPS) is 26.5. The summed E-state index contributed by atoms with van der Waals surface area (Å²) in [6, 6.07) is 10.8. The second-order valence-electron chi connectivity index (χ2n) is 38.2. The van der Waals surface area contributed by atoms with E-state index in [-0.39, 0.29) is 67.2 Å². The average Bonchev–Trinajstić information content (AvgIpc) is 1.21. The van der Waals surface area contributed by atoms with E-state index in [0.29, 0.717) is 232 Å². The molecule has 15 atom stereocenters. The summed E-state index contributed by atoms with van der Waals surface area (Å²) in [5.74, 6) is -7.22. The van der Waals surface area contributed by atoms with Crippen molar-refractivity contribution in [1.82, 2.24) is 64.7 Å². The van der Waals surface area contributed by atoms with Crippen molar-refractivity contribution in [3.8, 4) is 11.3 Å².